The van der Waals surface area contributed by atoms with Gasteiger partial charge in [0, 0.05) is 11.7 Å². The summed E-state index contributed by atoms with van der Waals surface area (Å²) >= 11 is 0. The average molecular weight is 251 g/mol. The maximum absolute atomic E-state index is 13.1. The van der Waals surface area contributed by atoms with Gasteiger partial charge in [-0.05, 0) is 42.8 Å². The van der Waals surface area contributed by atoms with E-state index in [0.29, 0.717) is 11.3 Å². The molecule has 0 heterocycles. The van der Waals surface area contributed by atoms with Gasteiger partial charge in [0.2, 0.25) is 0 Å². The van der Waals surface area contributed by atoms with Crippen molar-refractivity contribution >= 4 is 5.69 Å². The van der Waals surface area contributed by atoms with E-state index >= 15 is 0 Å². The normalized spacial score (nSPS) is 12.2. The van der Waals surface area contributed by atoms with Crippen molar-refractivity contribution in [1.82, 2.24) is 0 Å². The molecular formula is C14H12F3N. The van der Waals surface area contributed by atoms with Crippen molar-refractivity contribution in [3.63, 3.8) is 0 Å². The molecule has 0 amide bonds. The molecule has 0 spiro atoms. The number of benzene rings is 2. The molecule has 0 radical (unpaired) electrons. The van der Waals surface area contributed by atoms with Gasteiger partial charge in [-0.2, -0.15) is 0 Å². The van der Waals surface area contributed by atoms with Crippen LogP contribution in [0.15, 0.2) is 42.5 Å². The van der Waals surface area contributed by atoms with Crippen LogP contribution in [0.1, 0.15) is 18.5 Å². The molecule has 1 atom stereocenters. The van der Waals surface area contributed by atoms with Crippen molar-refractivity contribution in [2.45, 2.75) is 13.0 Å². The summed E-state index contributed by atoms with van der Waals surface area (Å²) in [5.74, 6) is -2.12. The fourth-order valence-electron chi connectivity index (χ4n) is 1.69. The van der Waals surface area contributed by atoms with Crippen LogP contribution in [0.5, 0.6) is 0 Å². The summed E-state index contributed by atoms with van der Waals surface area (Å²) in [6.07, 6.45) is 0. The number of hydrogen-bond donors (Lipinski definition) is 1. The van der Waals surface area contributed by atoms with Gasteiger partial charge in [-0.15, -0.1) is 0 Å². The standard InChI is InChI=1S/C14H12F3N/c1-9(10-5-6-13(16)14(17)7-10)18-12-4-2-3-11(15)8-12/h2-9,18H,1H3. The number of hydrogen-bond acceptors (Lipinski definition) is 1. The van der Waals surface area contributed by atoms with E-state index in [1.807, 2.05) is 0 Å². The molecule has 4 heteroatoms. The lowest BCUT2D eigenvalue weighted by atomic mass is 10.1. The van der Waals surface area contributed by atoms with E-state index in [-0.39, 0.29) is 11.9 Å². The van der Waals surface area contributed by atoms with Gasteiger partial charge in [0.25, 0.3) is 0 Å². The zero-order valence-electron chi connectivity index (χ0n) is 9.75. The first-order valence-corrected chi connectivity index (χ1v) is 5.53. The molecule has 2 aromatic rings. The molecule has 1 nitrogen and oxygen atoms in total. The number of anilines is 1. The van der Waals surface area contributed by atoms with Crippen LogP contribution < -0.4 is 5.32 Å². The third-order valence-electron chi connectivity index (χ3n) is 2.65. The van der Waals surface area contributed by atoms with Gasteiger partial charge in [-0.3, -0.25) is 0 Å². The molecule has 0 aliphatic rings. The minimum absolute atomic E-state index is 0.248. The molecule has 94 valence electrons. The van der Waals surface area contributed by atoms with Crippen molar-refractivity contribution in [3.05, 3.63) is 65.5 Å². The quantitative estimate of drug-likeness (QED) is 0.858. The van der Waals surface area contributed by atoms with Crippen LogP contribution in [0.25, 0.3) is 0 Å². The van der Waals surface area contributed by atoms with Gasteiger partial charge < -0.3 is 5.32 Å². The predicted octanol–water partition coefficient (Wildman–Crippen LogP) is 4.28. The molecule has 0 bridgehead atoms. The van der Waals surface area contributed by atoms with Crippen molar-refractivity contribution in [3.8, 4) is 0 Å². The Morgan fingerprint density at radius 3 is 2.39 bits per heavy atom. The Labute approximate surface area is 103 Å². The summed E-state index contributed by atoms with van der Waals surface area (Å²) in [7, 11) is 0. The SMILES string of the molecule is CC(Nc1cccc(F)c1)c1ccc(F)c(F)c1. The maximum Gasteiger partial charge on any atom is 0.159 e. The number of halogens is 3. The molecule has 1 unspecified atom stereocenters. The third-order valence-corrected chi connectivity index (χ3v) is 2.65. The number of rotatable bonds is 3. The summed E-state index contributed by atoms with van der Waals surface area (Å²) in [6, 6.07) is 9.43. The maximum atomic E-state index is 13.1. The lowest BCUT2D eigenvalue weighted by Crippen LogP contribution is -2.07. The molecule has 2 aromatic carbocycles. The fraction of sp³-hybridized carbons (Fsp3) is 0.143. The van der Waals surface area contributed by atoms with E-state index in [1.165, 1.54) is 18.2 Å². The van der Waals surface area contributed by atoms with Crippen LogP contribution in [-0.4, -0.2) is 0 Å². The topological polar surface area (TPSA) is 12.0 Å². The second kappa shape index (κ2) is 5.12. The van der Waals surface area contributed by atoms with Gasteiger partial charge in [0.1, 0.15) is 5.82 Å². The van der Waals surface area contributed by atoms with Gasteiger partial charge in [0.05, 0.1) is 0 Å². The third kappa shape index (κ3) is 2.83. The Morgan fingerprint density at radius 1 is 0.944 bits per heavy atom. The molecule has 18 heavy (non-hydrogen) atoms. The van der Waals surface area contributed by atoms with Gasteiger partial charge in [0.15, 0.2) is 11.6 Å². The zero-order chi connectivity index (χ0) is 13.1. The zero-order valence-corrected chi connectivity index (χ0v) is 9.75. The van der Waals surface area contributed by atoms with E-state index in [9.17, 15) is 13.2 Å². The minimum atomic E-state index is -0.889. The summed E-state index contributed by atoms with van der Waals surface area (Å²) in [4.78, 5) is 0. The van der Waals surface area contributed by atoms with E-state index in [4.69, 9.17) is 0 Å². The summed E-state index contributed by atoms with van der Waals surface area (Å²) in [6.45, 7) is 1.79. The number of nitrogens with one attached hydrogen (secondary N) is 1. The second-order valence-electron chi connectivity index (χ2n) is 4.05. The van der Waals surface area contributed by atoms with Crippen LogP contribution >= 0.6 is 0 Å². The molecule has 0 saturated carbocycles. The Kier molecular flexibility index (Phi) is 3.55. The van der Waals surface area contributed by atoms with Crippen molar-refractivity contribution in [2.24, 2.45) is 0 Å². The Hall–Kier alpha value is -1.97. The fourth-order valence-corrected chi connectivity index (χ4v) is 1.69. The first kappa shape index (κ1) is 12.5. The highest BCUT2D eigenvalue weighted by atomic mass is 19.2. The van der Waals surface area contributed by atoms with Crippen LogP contribution in [-0.2, 0) is 0 Å². The molecule has 0 aliphatic carbocycles. The summed E-state index contributed by atoms with van der Waals surface area (Å²) in [5, 5.41) is 3.02. The van der Waals surface area contributed by atoms with Crippen LogP contribution in [0.3, 0.4) is 0 Å². The monoisotopic (exact) mass is 251 g/mol. The smallest absolute Gasteiger partial charge is 0.159 e. The van der Waals surface area contributed by atoms with Crippen molar-refractivity contribution in [2.75, 3.05) is 5.32 Å². The van der Waals surface area contributed by atoms with Gasteiger partial charge in [-0.1, -0.05) is 12.1 Å². The largest absolute Gasteiger partial charge is 0.378 e. The van der Waals surface area contributed by atoms with E-state index < -0.39 is 11.6 Å². The van der Waals surface area contributed by atoms with Gasteiger partial charge >= 0.3 is 0 Å². The molecule has 0 fully saturated rings. The summed E-state index contributed by atoms with van der Waals surface area (Å²) in [5.41, 5.74) is 1.19. The predicted molar refractivity (Wildman–Crippen MR) is 64.8 cm³/mol. The Morgan fingerprint density at radius 2 is 1.72 bits per heavy atom. The first-order valence-electron chi connectivity index (χ1n) is 5.53. The van der Waals surface area contributed by atoms with Crippen LogP contribution in [0.2, 0.25) is 0 Å². The molecule has 1 N–H and O–H groups in total. The lowest BCUT2D eigenvalue weighted by molar-refractivity contribution is 0.506. The van der Waals surface area contributed by atoms with Crippen LogP contribution in [0.4, 0.5) is 18.9 Å². The lowest BCUT2D eigenvalue weighted by Gasteiger charge is -2.16. The second-order valence-corrected chi connectivity index (χ2v) is 4.05. The van der Waals surface area contributed by atoms with E-state index in [0.717, 1.165) is 12.1 Å². The average Bonchev–Trinajstić information content (AvgIpc) is 2.32. The highest BCUT2D eigenvalue weighted by Gasteiger charge is 2.09. The molecule has 2 rings (SSSR count). The van der Waals surface area contributed by atoms with E-state index in [1.54, 1.807) is 19.1 Å². The van der Waals surface area contributed by atoms with E-state index in [2.05, 4.69) is 5.32 Å². The first-order chi connectivity index (χ1) is 8.56. The highest BCUT2D eigenvalue weighted by molar-refractivity contribution is 5.45. The molecule has 0 saturated heterocycles. The van der Waals surface area contributed by atoms with Crippen LogP contribution in [0, 0.1) is 17.5 Å². The van der Waals surface area contributed by atoms with Gasteiger partial charge in [-0.25, -0.2) is 13.2 Å². The highest BCUT2D eigenvalue weighted by Crippen LogP contribution is 2.21. The minimum Gasteiger partial charge on any atom is -0.378 e. The van der Waals surface area contributed by atoms with Crippen molar-refractivity contribution in [1.29, 1.82) is 0 Å². The molecular weight excluding hydrogens is 239 g/mol. The Bertz CT molecular complexity index is 554. The Balaban J connectivity index is 2.16. The summed E-state index contributed by atoms with van der Waals surface area (Å²) < 4.78 is 38.9. The molecule has 0 aromatic heterocycles. The van der Waals surface area contributed by atoms with Crippen molar-refractivity contribution < 1.29 is 13.2 Å². The molecule has 0 aliphatic heterocycles.